The van der Waals surface area contributed by atoms with Gasteiger partial charge in [0, 0.05) is 10.9 Å². The fourth-order valence-electron chi connectivity index (χ4n) is 2.96. The van der Waals surface area contributed by atoms with E-state index in [9.17, 15) is 19.1 Å². The fourth-order valence-corrected chi connectivity index (χ4v) is 3.35. The second-order valence-corrected chi connectivity index (χ2v) is 6.98. The van der Waals surface area contributed by atoms with Crippen molar-refractivity contribution in [2.75, 3.05) is 28.4 Å². The summed E-state index contributed by atoms with van der Waals surface area (Å²) >= 11 is 0. The molecule has 0 saturated carbocycles. The van der Waals surface area contributed by atoms with Gasteiger partial charge in [0.15, 0.2) is 28.6 Å². The van der Waals surface area contributed by atoms with Crippen LogP contribution in [0.1, 0.15) is 15.9 Å². The van der Waals surface area contributed by atoms with Gasteiger partial charge in [0.25, 0.3) is 0 Å². The maximum absolute atomic E-state index is 13.1. The molecule has 3 aromatic rings. The minimum absolute atomic E-state index is 0. The molecule has 3 rings (SSSR count). The molecule has 0 amide bonds. The van der Waals surface area contributed by atoms with Gasteiger partial charge in [-0.05, 0) is 24.3 Å². The van der Waals surface area contributed by atoms with Crippen LogP contribution in [0.5, 0.6) is 28.7 Å². The average molecular weight is 482 g/mol. The summed E-state index contributed by atoms with van der Waals surface area (Å²) in [6.07, 6.45) is 1.13. The summed E-state index contributed by atoms with van der Waals surface area (Å²) in [6.45, 7) is 0. The van der Waals surface area contributed by atoms with Crippen LogP contribution >= 0.6 is 7.82 Å². The molecule has 13 heteroatoms. The van der Waals surface area contributed by atoms with Crippen molar-refractivity contribution in [2.45, 2.75) is 0 Å². The van der Waals surface area contributed by atoms with Gasteiger partial charge < -0.3 is 42.2 Å². The quantitative estimate of drug-likeness (QED) is 0.177. The van der Waals surface area contributed by atoms with E-state index in [-0.39, 0.29) is 98.5 Å². The first-order valence-electron chi connectivity index (χ1n) is 8.38. The molecule has 160 valence electrons. The van der Waals surface area contributed by atoms with Crippen molar-refractivity contribution in [1.82, 2.24) is 0 Å². The minimum Gasteiger partial charge on any atom is -0.780 e. The summed E-state index contributed by atoms with van der Waals surface area (Å²) in [4.78, 5) is 35.4. The van der Waals surface area contributed by atoms with Crippen molar-refractivity contribution < 1.29 is 106 Å². The number of ketones is 1. The first-order chi connectivity index (χ1) is 14.2. The molecule has 0 bridgehead atoms. The number of carbonyl (C=O) groups is 1. The van der Waals surface area contributed by atoms with Crippen LogP contribution in [0.25, 0.3) is 11.0 Å². The third-order valence-electron chi connectivity index (χ3n) is 4.26. The van der Waals surface area contributed by atoms with E-state index in [4.69, 9.17) is 23.4 Å². The van der Waals surface area contributed by atoms with Gasteiger partial charge in [-0.15, -0.1) is 0 Å². The number of fused-ring (bicyclic) bond motifs is 1. The second-order valence-electron chi connectivity index (χ2n) is 5.90. The molecule has 0 fully saturated rings. The third kappa shape index (κ3) is 5.83. The van der Waals surface area contributed by atoms with Gasteiger partial charge in [-0.2, -0.15) is 0 Å². The molecule has 0 aliphatic carbocycles. The van der Waals surface area contributed by atoms with Crippen LogP contribution in [0.3, 0.4) is 0 Å². The Balaban J connectivity index is 0.00000256. The number of phosphoric ester groups is 1. The molecular formula is C19H17Na2O10P. The van der Waals surface area contributed by atoms with Crippen molar-refractivity contribution in [3.8, 4) is 28.7 Å². The van der Waals surface area contributed by atoms with Crippen LogP contribution in [0, 0.1) is 0 Å². The molecule has 2 aromatic carbocycles. The maximum atomic E-state index is 13.1. The Labute approximate surface area is 227 Å². The Morgan fingerprint density at radius 1 is 0.875 bits per heavy atom. The zero-order valence-electron chi connectivity index (χ0n) is 18.4. The number of hydrogen-bond donors (Lipinski definition) is 0. The number of phosphoric acid groups is 1. The van der Waals surface area contributed by atoms with Gasteiger partial charge >= 0.3 is 59.1 Å². The number of benzene rings is 2. The van der Waals surface area contributed by atoms with Crippen molar-refractivity contribution >= 4 is 24.6 Å². The smallest absolute Gasteiger partial charge is 0.780 e. The summed E-state index contributed by atoms with van der Waals surface area (Å²) in [6, 6.07) is 5.77. The van der Waals surface area contributed by atoms with E-state index in [0.29, 0.717) is 5.75 Å². The van der Waals surface area contributed by atoms with Crippen LogP contribution in [0.15, 0.2) is 34.9 Å². The molecule has 1 aromatic heterocycles. The second kappa shape index (κ2) is 11.8. The Morgan fingerprint density at radius 2 is 1.44 bits per heavy atom. The van der Waals surface area contributed by atoms with Gasteiger partial charge in [-0.1, -0.05) is 0 Å². The van der Waals surface area contributed by atoms with E-state index in [1.165, 1.54) is 52.7 Å². The number of furan rings is 1. The zero-order valence-corrected chi connectivity index (χ0v) is 23.3. The van der Waals surface area contributed by atoms with Crippen molar-refractivity contribution in [1.29, 1.82) is 0 Å². The van der Waals surface area contributed by atoms with Crippen molar-refractivity contribution in [3.05, 3.63) is 41.7 Å². The summed E-state index contributed by atoms with van der Waals surface area (Å²) in [5, 5.41) is 0.220. The Morgan fingerprint density at radius 3 is 1.91 bits per heavy atom. The van der Waals surface area contributed by atoms with Crippen LogP contribution < -0.4 is 92.4 Å². The number of rotatable bonds is 8. The van der Waals surface area contributed by atoms with Gasteiger partial charge in [-0.25, -0.2) is 0 Å². The summed E-state index contributed by atoms with van der Waals surface area (Å²) in [5.41, 5.74) is 0.166. The molecule has 0 atom stereocenters. The van der Waals surface area contributed by atoms with Crippen LogP contribution in [0.2, 0.25) is 0 Å². The van der Waals surface area contributed by atoms with E-state index in [0.717, 1.165) is 6.26 Å². The molecule has 0 aliphatic rings. The van der Waals surface area contributed by atoms with E-state index in [1.54, 1.807) is 0 Å². The Hall–Kier alpha value is -1.20. The summed E-state index contributed by atoms with van der Waals surface area (Å²) in [5.74, 6) is -0.0928. The molecule has 0 saturated heterocycles. The average Bonchev–Trinajstić information content (AvgIpc) is 3.15. The predicted octanol–water partition coefficient (Wildman–Crippen LogP) is -4.09. The molecule has 0 unspecified atom stereocenters. The van der Waals surface area contributed by atoms with Gasteiger partial charge in [0.2, 0.25) is 11.5 Å². The number of methoxy groups -OCH3 is 4. The predicted molar refractivity (Wildman–Crippen MR) is 101 cm³/mol. The largest absolute Gasteiger partial charge is 1.00 e. The summed E-state index contributed by atoms with van der Waals surface area (Å²) < 4.78 is 41.8. The van der Waals surface area contributed by atoms with Crippen LogP contribution in [-0.2, 0) is 4.57 Å². The van der Waals surface area contributed by atoms with E-state index < -0.39 is 19.4 Å². The van der Waals surface area contributed by atoms with Crippen LogP contribution in [0.4, 0.5) is 0 Å². The number of carbonyl (C=O) groups excluding carboxylic acids is 1. The van der Waals surface area contributed by atoms with Crippen molar-refractivity contribution in [2.24, 2.45) is 0 Å². The zero-order chi connectivity index (χ0) is 22.1. The maximum Gasteiger partial charge on any atom is 1.00 e. The third-order valence-corrected chi connectivity index (χ3v) is 4.66. The molecule has 10 nitrogen and oxygen atoms in total. The summed E-state index contributed by atoms with van der Waals surface area (Å²) in [7, 11) is 0.123. The molecule has 0 radical (unpaired) electrons. The number of ether oxygens (including phenoxy) is 4. The first-order valence-corrected chi connectivity index (χ1v) is 9.84. The first kappa shape index (κ1) is 28.8. The number of hydrogen-bond acceptors (Lipinski definition) is 10. The molecule has 1 heterocycles. The van der Waals surface area contributed by atoms with E-state index in [2.05, 4.69) is 4.52 Å². The van der Waals surface area contributed by atoms with Gasteiger partial charge in [0.05, 0.1) is 34.0 Å². The van der Waals surface area contributed by atoms with Gasteiger partial charge in [0.1, 0.15) is 14.1 Å². The molecular weight excluding hydrogens is 465 g/mol. The minimum atomic E-state index is -5.41. The molecule has 0 aliphatic heterocycles. The van der Waals surface area contributed by atoms with E-state index >= 15 is 0 Å². The Bertz CT molecular complexity index is 1130. The molecule has 32 heavy (non-hydrogen) atoms. The topological polar surface area (TPSA) is 140 Å². The Kier molecular flexibility index (Phi) is 10.6. The standard InChI is InChI=1S/C19H19O10P.2Na/c1-24-13-6-5-11-12(9-28-17(11)19(13)29-30(21,22)23)16(20)10-7-14(25-2)18(27-4)15(8-10)26-3;;/h5-9H,1-4H3,(H2,21,22,23);;/q;2*+1/p-2. The van der Waals surface area contributed by atoms with Gasteiger partial charge in [-0.3, -0.25) is 4.79 Å². The van der Waals surface area contributed by atoms with Crippen molar-refractivity contribution in [3.63, 3.8) is 0 Å². The monoisotopic (exact) mass is 482 g/mol. The normalized spacial score (nSPS) is 10.6. The van der Waals surface area contributed by atoms with E-state index in [1.807, 2.05) is 0 Å². The molecule has 0 N–H and O–H groups in total. The SMILES string of the molecule is COc1cc(C(=O)c2coc3c(OP(=O)([O-])[O-])c(OC)ccc23)cc(OC)c1OC.[Na+].[Na+]. The fraction of sp³-hybridized carbons (Fsp3) is 0.211. The van der Waals surface area contributed by atoms with Crippen LogP contribution in [-0.4, -0.2) is 34.2 Å². The molecule has 0 spiro atoms.